The first-order valence-corrected chi connectivity index (χ1v) is 5.30. The Bertz CT molecular complexity index is 138. The molecule has 0 aromatic carbocycles. The summed E-state index contributed by atoms with van der Waals surface area (Å²) in [5.41, 5.74) is 0. The smallest absolute Gasteiger partial charge is 0.0686 e. The normalized spacial score (nSPS) is 38.2. The quantitative estimate of drug-likeness (QED) is 0.410. The van der Waals surface area contributed by atoms with Crippen molar-refractivity contribution in [3.63, 3.8) is 0 Å². The molecule has 0 spiro atoms. The van der Waals surface area contributed by atoms with Crippen LogP contribution in [0.5, 0.6) is 0 Å². The number of rotatable bonds is 1. The van der Waals surface area contributed by atoms with Crippen LogP contribution in [-0.4, -0.2) is 7.85 Å². The van der Waals surface area contributed by atoms with Gasteiger partial charge >= 0.3 is 0 Å². The zero-order valence-electron chi connectivity index (χ0n) is 8.77. The van der Waals surface area contributed by atoms with Crippen LogP contribution < -0.4 is 0 Å². The van der Waals surface area contributed by atoms with E-state index >= 15 is 0 Å². The molecule has 0 aliphatic heterocycles. The van der Waals surface area contributed by atoms with E-state index in [0.29, 0.717) is 0 Å². The van der Waals surface area contributed by atoms with E-state index in [2.05, 4.69) is 20.8 Å². The minimum Gasteiger partial charge on any atom is -0.0686 e. The molecular weight excluding hydrogens is 143 g/mol. The highest BCUT2D eigenvalue weighted by molar-refractivity contribution is 6.14. The summed E-state index contributed by atoms with van der Waals surface area (Å²) in [4.78, 5) is 0. The average molecular weight is 164 g/mol. The molecule has 0 bridgehead atoms. The van der Waals surface area contributed by atoms with Crippen molar-refractivity contribution in [2.45, 2.75) is 58.2 Å². The molecule has 0 aromatic rings. The predicted octanol–water partition coefficient (Wildman–Crippen LogP) is 3.57. The number of hydrogen-bond donors (Lipinski definition) is 0. The molecule has 1 saturated carbocycles. The van der Waals surface area contributed by atoms with Crippen LogP contribution >= 0.6 is 0 Å². The molecule has 2 atom stereocenters. The Kier molecular flexibility index (Phi) is 3.26. The first-order chi connectivity index (χ1) is 5.51. The van der Waals surface area contributed by atoms with Crippen molar-refractivity contribution in [2.24, 2.45) is 11.8 Å². The fraction of sp³-hybridized carbons (Fsp3) is 1.00. The monoisotopic (exact) mass is 164 g/mol. The third-order valence-electron chi connectivity index (χ3n) is 3.24. The van der Waals surface area contributed by atoms with Gasteiger partial charge in [-0.25, -0.2) is 0 Å². The van der Waals surface area contributed by atoms with Gasteiger partial charge in [0, 0.05) is 0 Å². The lowest BCUT2D eigenvalue weighted by Gasteiger charge is -2.29. The van der Waals surface area contributed by atoms with E-state index in [0.717, 1.165) is 11.8 Å². The molecule has 1 rings (SSSR count). The Morgan fingerprint density at radius 1 is 1.33 bits per heavy atom. The van der Waals surface area contributed by atoms with E-state index in [1.54, 1.807) is 0 Å². The van der Waals surface area contributed by atoms with Crippen LogP contribution in [0.15, 0.2) is 0 Å². The first-order valence-electron chi connectivity index (χ1n) is 5.30. The molecule has 1 fully saturated rings. The molecule has 0 saturated heterocycles. The molecule has 2 unspecified atom stereocenters. The molecule has 12 heavy (non-hydrogen) atoms. The summed E-state index contributed by atoms with van der Waals surface area (Å²) in [6, 6.07) is 0. The molecule has 0 aromatic heterocycles. The van der Waals surface area contributed by atoms with Gasteiger partial charge in [0.2, 0.25) is 0 Å². The summed E-state index contributed by atoms with van der Waals surface area (Å²) in [6.07, 6.45) is 6.55. The van der Waals surface area contributed by atoms with Crippen molar-refractivity contribution in [3.8, 4) is 0 Å². The molecule has 0 N–H and O–H groups in total. The van der Waals surface area contributed by atoms with E-state index in [1.165, 1.54) is 32.1 Å². The van der Waals surface area contributed by atoms with Gasteiger partial charge in [-0.15, -0.1) is 0 Å². The summed E-state index contributed by atoms with van der Waals surface area (Å²) in [5, 5.41) is 0.117. The van der Waals surface area contributed by atoms with Crippen LogP contribution in [0, 0.1) is 11.8 Å². The van der Waals surface area contributed by atoms with Crippen LogP contribution in [0.3, 0.4) is 0 Å². The lowest BCUT2D eigenvalue weighted by Crippen LogP contribution is -2.15. The van der Waals surface area contributed by atoms with Gasteiger partial charge in [0.15, 0.2) is 0 Å². The van der Waals surface area contributed by atoms with Crippen LogP contribution in [-0.2, 0) is 0 Å². The van der Waals surface area contributed by atoms with Crippen LogP contribution in [0.25, 0.3) is 0 Å². The molecule has 68 valence electrons. The van der Waals surface area contributed by atoms with Gasteiger partial charge in [-0.05, 0) is 11.8 Å². The standard InChI is InChI=1S/C11H21B/c1-9(2)10-6-4-5-7-11(3,12)8-10/h9-10H,4-8H2,1-3H3. The molecule has 1 heteroatoms. The molecule has 2 radical (unpaired) electrons. The van der Waals surface area contributed by atoms with E-state index in [-0.39, 0.29) is 5.31 Å². The zero-order chi connectivity index (χ0) is 9.19. The minimum atomic E-state index is 0.117. The summed E-state index contributed by atoms with van der Waals surface area (Å²) < 4.78 is 0. The van der Waals surface area contributed by atoms with E-state index in [4.69, 9.17) is 7.85 Å². The Hall–Kier alpha value is 0.0649. The highest BCUT2D eigenvalue weighted by Crippen LogP contribution is 2.42. The Morgan fingerprint density at radius 2 is 2.00 bits per heavy atom. The Labute approximate surface area is 78.5 Å². The largest absolute Gasteiger partial charge is 0.0742 e. The molecule has 0 nitrogen and oxygen atoms in total. The van der Waals surface area contributed by atoms with Crippen LogP contribution in [0.1, 0.15) is 52.9 Å². The van der Waals surface area contributed by atoms with Crippen molar-refractivity contribution in [2.75, 3.05) is 0 Å². The Morgan fingerprint density at radius 3 is 2.58 bits per heavy atom. The maximum absolute atomic E-state index is 6.21. The van der Waals surface area contributed by atoms with Gasteiger partial charge < -0.3 is 0 Å². The molecule has 1 aliphatic carbocycles. The van der Waals surface area contributed by atoms with Gasteiger partial charge in [0.25, 0.3) is 0 Å². The fourth-order valence-corrected chi connectivity index (χ4v) is 2.31. The van der Waals surface area contributed by atoms with Gasteiger partial charge in [-0.2, -0.15) is 0 Å². The number of hydrogen-bond acceptors (Lipinski definition) is 0. The van der Waals surface area contributed by atoms with Crippen molar-refractivity contribution < 1.29 is 0 Å². The molecule has 0 heterocycles. The Balaban J connectivity index is 2.54. The van der Waals surface area contributed by atoms with Crippen molar-refractivity contribution >= 4 is 7.85 Å². The van der Waals surface area contributed by atoms with E-state index in [1.807, 2.05) is 0 Å². The third-order valence-corrected chi connectivity index (χ3v) is 3.24. The van der Waals surface area contributed by atoms with Gasteiger partial charge in [0.05, 0.1) is 7.85 Å². The summed E-state index contributed by atoms with van der Waals surface area (Å²) in [6.45, 7) is 6.87. The highest BCUT2D eigenvalue weighted by atomic mass is 14.3. The van der Waals surface area contributed by atoms with Crippen molar-refractivity contribution in [3.05, 3.63) is 0 Å². The maximum Gasteiger partial charge on any atom is 0.0742 e. The first kappa shape index (κ1) is 10.1. The SMILES string of the molecule is [B]C1(C)CCCCC(C(C)C)C1. The van der Waals surface area contributed by atoms with Crippen molar-refractivity contribution in [1.82, 2.24) is 0 Å². The summed E-state index contributed by atoms with van der Waals surface area (Å²) in [5.74, 6) is 1.67. The molecule has 0 amide bonds. The minimum absolute atomic E-state index is 0.117. The van der Waals surface area contributed by atoms with Gasteiger partial charge in [0.1, 0.15) is 0 Å². The van der Waals surface area contributed by atoms with Crippen LogP contribution in [0.4, 0.5) is 0 Å². The second-order valence-electron chi connectivity index (χ2n) is 5.11. The fourth-order valence-electron chi connectivity index (χ4n) is 2.31. The topological polar surface area (TPSA) is 0 Å². The summed E-state index contributed by atoms with van der Waals surface area (Å²) in [7, 11) is 6.21. The lowest BCUT2D eigenvalue weighted by molar-refractivity contribution is 0.316. The zero-order valence-corrected chi connectivity index (χ0v) is 8.77. The van der Waals surface area contributed by atoms with E-state index < -0.39 is 0 Å². The lowest BCUT2D eigenvalue weighted by atomic mass is 9.63. The van der Waals surface area contributed by atoms with Crippen LogP contribution in [0.2, 0.25) is 5.31 Å². The van der Waals surface area contributed by atoms with Gasteiger partial charge in [-0.1, -0.05) is 58.2 Å². The maximum atomic E-state index is 6.21. The predicted molar refractivity (Wildman–Crippen MR) is 55.5 cm³/mol. The molecule has 1 aliphatic rings. The average Bonchev–Trinajstić information content (AvgIpc) is 2.10. The second kappa shape index (κ2) is 3.85. The van der Waals surface area contributed by atoms with Gasteiger partial charge in [-0.3, -0.25) is 0 Å². The van der Waals surface area contributed by atoms with E-state index in [9.17, 15) is 0 Å². The summed E-state index contributed by atoms with van der Waals surface area (Å²) >= 11 is 0. The highest BCUT2D eigenvalue weighted by Gasteiger charge is 2.26. The molecular formula is C11H21B. The third kappa shape index (κ3) is 2.84. The second-order valence-corrected chi connectivity index (χ2v) is 5.11. The van der Waals surface area contributed by atoms with Crippen molar-refractivity contribution in [1.29, 1.82) is 0 Å².